The van der Waals surface area contributed by atoms with E-state index in [4.69, 9.17) is 4.74 Å². The number of halogens is 1. The van der Waals surface area contributed by atoms with E-state index in [2.05, 4.69) is 28.0 Å². The molecule has 0 spiro atoms. The van der Waals surface area contributed by atoms with Crippen LogP contribution < -0.4 is 4.74 Å². The fourth-order valence-corrected chi connectivity index (χ4v) is 1.02. The Morgan fingerprint density at radius 1 is 1.79 bits per heavy atom. The minimum Gasteiger partial charge on any atom is -0.476 e. The summed E-state index contributed by atoms with van der Waals surface area (Å²) in [5, 5.41) is 4.83. The maximum atomic E-state index is 10.9. The first-order chi connectivity index (χ1) is 6.63. The quantitative estimate of drug-likeness (QED) is 0.778. The second-order valence-electron chi connectivity index (χ2n) is 3.19. The number of nitrogens with zero attached hydrogens (tertiary/aromatic N) is 2. The molecule has 1 aromatic heterocycles. The highest BCUT2D eigenvalue weighted by molar-refractivity contribution is 9.09. The Labute approximate surface area is 91.4 Å². The summed E-state index contributed by atoms with van der Waals surface area (Å²) in [6.07, 6.45) is 1.59. The highest BCUT2D eigenvalue weighted by atomic mass is 79.9. The minimum absolute atomic E-state index is 0.117. The zero-order valence-corrected chi connectivity index (χ0v) is 9.82. The predicted octanol–water partition coefficient (Wildman–Crippen LogP) is 1.95. The molecule has 4 nitrogen and oxygen atoms in total. The molecule has 1 unspecified atom stereocenters. The fraction of sp³-hybridized carbons (Fsp3) is 0.556. The van der Waals surface area contributed by atoms with E-state index < -0.39 is 0 Å². The van der Waals surface area contributed by atoms with Crippen LogP contribution in [-0.4, -0.2) is 27.6 Å². The summed E-state index contributed by atoms with van der Waals surface area (Å²) in [5.41, 5.74) is 0. The third-order valence-corrected chi connectivity index (χ3v) is 2.77. The van der Waals surface area contributed by atoms with E-state index >= 15 is 0 Å². The molecule has 0 saturated heterocycles. The second kappa shape index (κ2) is 5.14. The van der Waals surface area contributed by atoms with Crippen LogP contribution in [0.25, 0.3) is 0 Å². The third kappa shape index (κ3) is 3.14. The lowest BCUT2D eigenvalue weighted by molar-refractivity contribution is 0.0918. The smallest absolute Gasteiger partial charge is 0.243 e. The molecule has 1 rings (SSSR count). The van der Waals surface area contributed by atoms with E-state index in [9.17, 15) is 4.79 Å². The van der Waals surface area contributed by atoms with Crippen LogP contribution in [-0.2, 0) is 0 Å². The first-order valence-electron chi connectivity index (χ1n) is 4.39. The molecule has 0 aliphatic rings. The Kier molecular flexibility index (Phi) is 4.13. The van der Waals surface area contributed by atoms with Crippen molar-refractivity contribution in [3.8, 4) is 5.88 Å². The Hall–Kier alpha value is -0.840. The topological polar surface area (TPSA) is 44.1 Å². The summed E-state index contributed by atoms with van der Waals surface area (Å²) < 4.78 is 6.63. The van der Waals surface area contributed by atoms with E-state index in [1.54, 1.807) is 12.3 Å². The lowest BCUT2D eigenvalue weighted by Gasteiger charge is -2.06. The summed E-state index contributed by atoms with van der Waals surface area (Å²) in [5.74, 6) is 0.805. The van der Waals surface area contributed by atoms with Crippen molar-refractivity contribution in [2.45, 2.75) is 13.8 Å². The third-order valence-electron chi connectivity index (χ3n) is 1.67. The summed E-state index contributed by atoms with van der Waals surface area (Å²) in [4.78, 5) is 10.9. The average molecular weight is 261 g/mol. The lowest BCUT2D eigenvalue weighted by Crippen LogP contribution is -2.11. The van der Waals surface area contributed by atoms with Crippen LogP contribution in [0.3, 0.4) is 0 Å². The van der Waals surface area contributed by atoms with Gasteiger partial charge >= 0.3 is 0 Å². The van der Waals surface area contributed by atoms with Gasteiger partial charge in [0.05, 0.1) is 6.61 Å². The Morgan fingerprint density at radius 3 is 3.00 bits per heavy atom. The molecule has 5 heteroatoms. The van der Waals surface area contributed by atoms with Crippen molar-refractivity contribution in [1.29, 1.82) is 0 Å². The zero-order valence-electron chi connectivity index (χ0n) is 8.24. The van der Waals surface area contributed by atoms with E-state index in [-0.39, 0.29) is 5.91 Å². The van der Waals surface area contributed by atoms with Crippen molar-refractivity contribution in [2.75, 3.05) is 11.9 Å². The van der Waals surface area contributed by atoms with E-state index in [0.29, 0.717) is 18.4 Å². The van der Waals surface area contributed by atoms with Crippen LogP contribution in [0.2, 0.25) is 0 Å². The first kappa shape index (κ1) is 11.2. The number of rotatable bonds is 4. The molecule has 0 aliphatic carbocycles. The first-order valence-corrected chi connectivity index (χ1v) is 5.51. The van der Waals surface area contributed by atoms with Crippen LogP contribution in [0.4, 0.5) is 0 Å². The average Bonchev–Trinajstić information content (AvgIpc) is 2.62. The van der Waals surface area contributed by atoms with Crippen LogP contribution in [0.15, 0.2) is 12.3 Å². The molecule has 0 aromatic carbocycles. The lowest BCUT2D eigenvalue weighted by atomic mass is 10.2. The van der Waals surface area contributed by atoms with Crippen molar-refractivity contribution in [3.05, 3.63) is 12.3 Å². The van der Waals surface area contributed by atoms with Crippen LogP contribution in [0.5, 0.6) is 5.88 Å². The van der Waals surface area contributed by atoms with Gasteiger partial charge in [-0.05, 0) is 5.92 Å². The molecule has 0 saturated carbocycles. The Bertz CT molecular complexity index is 312. The number of aromatic nitrogens is 2. The van der Waals surface area contributed by atoms with Gasteiger partial charge in [0.15, 0.2) is 0 Å². The molecular weight excluding hydrogens is 248 g/mol. The number of alkyl halides is 1. The SMILES string of the molecule is CC(=O)n1ccc(OCC(C)CBr)n1. The van der Waals surface area contributed by atoms with Gasteiger partial charge in [0.25, 0.3) is 0 Å². The van der Waals surface area contributed by atoms with Gasteiger partial charge in [0, 0.05) is 24.5 Å². The maximum absolute atomic E-state index is 10.9. The van der Waals surface area contributed by atoms with Crippen molar-refractivity contribution in [1.82, 2.24) is 9.78 Å². The normalized spacial score (nSPS) is 12.5. The van der Waals surface area contributed by atoms with Gasteiger partial charge in [-0.2, -0.15) is 0 Å². The van der Waals surface area contributed by atoms with Gasteiger partial charge in [0.1, 0.15) is 0 Å². The van der Waals surface area contributed by atoms with Gasteiger partial charge < -0.3 is 4.74 Å². The molecule has 0 aliphatic heterocycles. The molecule has 1 aromatic rings. The molecular formula is C9H13BrN2O2. The number of carbonyl (C=O) groups is 1. The van der Waals surface area contributed by atoms with Gasteiger partial charge in [-0.15, -0.1) is 5.10 Å². The molecule has 0 fully saturated rings. The molecule has 1 heterocycles. The highest BCUT2D eigenvalue weighted by Crippen LogP contribution is 2.08. The van der Waals surface area contributed by atoms with E-state index in [1.807, 2.05) is 0 Å². The molecule has 0 radical (unpaired) electrons. The molecule has 0 bridgehead atoms. The molecule has 0 N–H and O–H groups in total. The number of ether oxygens (including phenoxy) is 1. The van der Waals surface area contributed by atoms with Crippen LogP contribution in [0, 0.1) is 5.92 Å². The minimum atomic E-state index is -0.117. The van der Waals surface area contributed by atoms with Crippen molar-refractivity contribution in [2.24, 2.45) is 5.92 Å². The Morgan fingerprint density at radius 2 is 2.50 bits per heavy atom. The highest BCUT2D eigenvalue weighted by Gasteiger charge is 2.05. The Balaban J connectivity index is 2.48. The van der Waals surface area contributed by atoms with Crippen molar-refractivity contribution in [3.63, 3.8) is 0 Å². The predicted molar refractivity (Wildman–Crippen MR) is 57.0 cm³/mol. The van der Waals surface area contributed by atoms with E-state index in [0.717, 1.165) is 5.33 Å². The summed E-state index contributed by atoms with van der Waals surface area (Å²) in [6, 6.07) is 1.68. The maximum Gasteiger partial charge on any atom is 0.243 e. The second-order valence-corrected chi connectivity index (χ2v) is 3.84. The van der Waals surface area contributed by atoms with E-state index in [1.165, 1.54) is 11.6 Å². The largest absolute Gasteiger partial charge is 0.476 e. The van der Waals surface area contributed by atoms with Crippen LogP contribution in [0.1, 0.15) is 18.6 Å². The zero-order chi connectivity index (χ0) is 10.6. The van der Waals surface area contributed by atoms with Crippen molar-refractivity contribution < 1.29 is 9.53 Å². The van der Waals surface area contributed by atoms with Gasteiger partial charge in [0.2, 0.25) is 11.8 Å². The standard InChI is InChI=1S/C9H13BrN2O2/c1-7(5-10)6-14-9-3-4-12(11-9)8(2)13/h3-4,7H,5-6H2,1-2H3. The summed E-state index contributed by atoms with van der Waals surface area (Å²) in [6.45, 7) is 4.12. The van der Waals surface area contributed by atoms with Crippen molar-refractivity contribution >= 4 is 21.8 Å². The fourth-order valence-electron chi connectivity index (χ4n) is 0.832. The summed E-state index contributed by atoms with van der Waals surface area (Å²) >= 11 is 3.36. The van der Waals surface area contributed by atoms with Gasteiger partial charge in [-0.3, -0.25) is 4.79 Å². The summed E-state index contributed by atoms with van der Waals surface area (Å²) in [7, 11) is 0. The monoisotopic (exact) mass is 260 g/mol. The number of hydrogen-bond donors (Lipinski definition) is 0. The van der Waals surface area contributed by atoms with Gasteiger partial charge in [-0.25, -0.2) is 4.68 Å². The van der Waals surface area contributed by atoms with Gasteiger partial charge in [-0.1, -0.05) is 22.9 Å². The molecule has 1 atom stereocenters. The molecule has 0 amide bonds. The van der Waals surface area contributed by atoms with Crippen LogP contribution >= 0.6 is 15.9 Å². The molecule has 14 heavy (non-hydrogen) atoms. The number of hydrogen-bond acceptors (Lipinski definition) is 3. The molecule has 78 valence electrons. The number of carbonyl (C=O) groups excluding carboxylic acids is 1.